The maximum absolute atomic E-state index is 11.2. The standard InChI is InChI=1S/C13H13ClN2O2S/c14-11-7-8(15)6-10(13(17)18)12(11)16-4-3-9-2-1-5-19-9/h1-2,5-7,16H,3-4,15H2,(H,17,18). The van der Waals surface area contributed by atoms with Crippen LogP contribution in [0.4, 0.5) is 11.4 Å². The molecule has 0 aliphatic rings. The molecule has 0 saturated carbocycles. The van der Waals surface area contributed by atoms with Crippen LogP contribution in [0.5, 0.6) is 0 Å². The monoisotopic (exact) mass is 296 g/mol. The lowest BCUT2D eigenvalue weighted by Gasteiger charge is -2.12. The molecular formula is C13H13ClN2O2S. The zero-order chi connectivity index (χ0) is 13.8. The molecule has 0 amide bonds. The first kappa shape index (κ1) is 13.7. The fourth-order valence-corrected chi connectivity index (χ4v) is 2.75. The van der Waals surface area contributed by atoms with Crippen LogP contribution in [-0.4, -0.2) is 17.6 Å². The molecule has 4 N–H and O–H groups in total. The third kappa shape index (κ3) is 3.39. The summed E-state index contributed by atoms with van der Waals surface area (Å²) in [7, 11) is 0. The number of carboxylic acid groups (broad SMARTS) is 1. The molecule has 1 aromatic heterocycles. The van der Waals surface area contributed by atoms with Crippen LogP contribution in [0.15, 0.2) is 29.6 Å². The molecule has 19 heavy (non-hydrogen) atoms. The average molecular weight is 297 g/mol. The first-order valence-corrected chi connectivity index (χ1v) is 6.92. The van der Waals surface area contributed by atoms with Crippen molar-refractivity contribution in [3.8, 4) is 0 Å². The van der Waals surface area contributed by atoms with Gasteiger partial charge in [-0.3, -0.25) is 0 Å². The van der Waals surface area contributed by atoms with Gasteiger partial charge in [0.2, 0.25) is 0 Å². The van der Waals surface area contributed by atoms with Gasteiger partial charge >= 0.3 is 5.97 Å². The minimum atomic E-state index is -1.05. The number of thiophene rings is 1. The zero-order valence-electron chi connectivity index (χ0n) is 10.0. The van der Waals surface area contributed by atoms with Gasteiger partial charge in [-0.1, -0.05) is 17.7 Å². The zero-order valence-corrected chi connectivity index (χ0v) is 11.6. The van der Waals surface area contributed by atoms with Gasteiger partial charge in [0.15, 0.2) is 0 Å². The summed E-state index contributed by atoms with van der Waals surface area (Å²) in [6, 6.07) is 6.97. The van der Waals surface area contributed by atoms with Crippen molar-refractivity contribution in [2.45, 2.75) is 6.42 Å². The summed E-state index contributed by atoms with van der Waals surface area (Å²) in [5.41, 5.74) is 6.45. The highest BCUT2D eigenvalue weighted by Crippen LogP contribution is 2.29. The van der Waals surface area contributed by atoms with Crippen LogP contribution in [0.2, 0.25) is 5.02 Å². The maximum atomic E-state index is 11.2. The van der Waals surface area contributed by atoms with E-state index in [0.717, 1.165) is 6.42 Å². The fourth-order valence-electron chi connectivity index (χ4n) is 1.74. The third-order valence-corrected chi connectivity index (χ3v) is 3.83. The summed E-state index contributed by atoms with van der Waals surface area (Å²) in [5.74, 6) is -1.05. The highest BCUT2D eigenvalue weighted by molar-refractivity contribution is 7.09. The summed E-state index contributed by atoms with van der Waals surface area (Å²) >= 11 is 7.70. The molecule has 0 radical (unpaired) electrons. The quantitative estimate of drug-likeness (QED) is 0.740. The van der Waals surface area contributed by atoms with E-state index in [2.05, 4.69) is 5.32 Å². The van der Waals surface area contributed by atoms with E-state index in [-0.39, 0.29) is 5.56 Å². The molecule has 100 valence electrons. The number of halogens is 1. The molecular weight excluding hydrogens is 284 g/mol. The molecule has 0 aliphatic carbocycles. The van der Waals surface area contributed by atoms with Crippen LogP contribution in [0, 0.1) is 0 Å². The van der Waals surface area contributed by atoms with Gasteiger partial charge in [0.05, 0.1) is 16.3 Å². The normalized spacial score (nSPS) is 10.4. The molecule has 0 unspecified atom stereocenters. The van der Waals surface area contributed by atoms with E-state index in [9.17, 15) is 4.79 Å². The Balaban J connectivity index is 2.12. The van der Waals surface area contributed by atoms with E-state index >= 15 is 0 Å². The number of benzene rings is 1. The Morgan fingerprint density at radius 1 is 1.47 bits per heavy atom. The molecule has 1 aromatic carbocycles. The summed E-state index contributed by atoms with van der Waals surface area (Å²) < 4.78 is 0. The Labute approximate surface area is 119 Å². The van der Waals surface area contributed by atoms with Crippen molar-refractivity contribution in [1.82, 2.24) is 0 Å². The molecule has 0 saturated heterocycles. The van der Waals surface area contributed by atoms with Gasteiger partial charge in [-0.15, -0.1) is 11.3 Å². The summed E-state index contributed by atoms with van der Waals surface area (Å²) in [6.07, 6.45) is 0.817. The maximum Gasteiger partial charge on any atom is 0.337 e. The molecule has 4 nitrogen and oxygen atoms in total. The van der Waals surface area contributed by atoms with Gasteiger partial charge in [-0.2, -0.15) is 0 Å². The van der Waals surface area contributed by atoms with Crippen molar-refractivity contribution in [2.24, 2.45) is 0 Å². The van der Waals surface area contributed by atoms with Gasteiger partial charge in [0, 0.05) is 17.1 Å². The average Bonchev–Trinajstić information content (AvgIpc) is 2.84. The lowest BCUT2D eigenvalue weighted by molar-refractivity contribution is 0.0698. The number of hydrogen-bond donors (Lipinski definition) is 3. The number of aromatic carboxylic acids is 1. The summed E-state index contributed by atoms with van der Waals surface area (Å²) in [6.45, 7) is 0.616. The van der Waals surface area contributed by atoms with Gasteiger partial charge in [-0.05, 0) is 30.0 Å². The molecule has 6 heteroatoms. The van der Waals surface area contributed by atoms with Crippen LogP contribution in [0.1, 0.15) is 15.2 Å². The molecule has 2 rings (SSSR count). The smallest absolute Gasteiger partial charge is 0.337 e. The Morgan fingerprint density at radius 3 is 2.89 bits per heavy atom. The van der Waals surface area contributed by atoms with Gasteiger partial charge < -0.3 is 16.2 Å². The van der Waals surface area contributed by atoms with E-state index in [1.165, 1.54) is 10.9 Å². The van der Waals surface area contributed by atoms with E-state index in [1.807, 2.05) is 17.5 Å². The first-order chi connectivity index (χ1) is 9.08. The van der Waals surface area contributed by atoms with Gasteiger partial charge in [0.1, 0.15) is 0 Å². The lowest BCUT2D eigenvalue weighted by atomic mass is 10.1. The molecule has 0 spiro atoms. The largest absolute Gasteiger partial charge is 0.478 e. The third-order valence-electron chi connectivity index (χ3n) is 2.60. The first-order valence-electron chi connectivity index (χ1n) is 5.66. The van der Waals surface area contributed by atoms with Crippen molar-refractivity contribution in [1.29, 1.82) is 0 Å². The predicted molar refractivity (Wildman–Crippen MR) is 79.3 cm³/mol. The molecule has 0 atom stereocenters. The molecule has 2 aromatic rings. The summed E-state index contributed by atoms with van der Waals surface area (Å²) in [4.78, 5) is 12.4. The van der Waals surface area contributed by atoms with Crippen molar-refractivity contribution in [2.75, 3.05) is 17.6 Å². The Hall–Kier alpha value is -1.72. The highest BCUT2D eigenvalue weighted by Gasteiger charge is 2.14. The summed E-state index contributed by atoms with van der Waals surface area (Å²) in [5, 5.41) is 14.5. The fraction of sp³-hybridized carbons (Fsp3) is 0.154. The van der Waals surface area contributed by atoms with E-state index < -0.39 is 5.97 Å². The SMILES string of the molecule is Nc1cc(Cl)c(NCCc2cccs2)c(C(=O)O)c1. The van der Waals surface area contributed by atoms with Crippen LogP contribution in [0.25, 0.3) is 0 Å². The van der Waals surface area contributed by atoms with Crippen molar-refractivity contribution >= 4 is 40.3 Å². The number of carboxylic acids is 1. The number of hydrogen-bond acceptors (Lipinski definition) is 4. The van der Waals surface area contributed by atoms with Crippen molar-refractivity contribution in [3.63, 3.8) is 0 Å². The van der Waals surface area contributed by atoms with Crippen molar-refractivity contribution < 1.29 is 9.90 Å². The molecule has 0 bridgehead atoms. The van der Waals surface area contributed by atoms with Crippen LogP contribution in [-0.2, 0) is 6.42 Å². The Kier molecular flexibility index (Phi) is 4.29. The number of nitrogens with one attached hydrogen (secondary N) is 1. The second-order valence-electron chi connectivity index (χ2n) is 3.99. The van der Waals surface area contributed by atoms with E-state index in [4.69, 9.17) is 22.4 Å². The number of nitrogen functional groups attached to an aromatic ring is 1. The topological polar surface area (TPSA) is 75.3 Å². The second-order valence-corrected chi connectivity index (χ2v) is 5.43. The number of nitrogens with two attached hydrogens (primary N) is 1. The number of anilines is 2. The number of rotatable bonds is 5. The Morgan fingerprint density at radius 2 is 2.26 bits per heavy atom. The van der Waals surface area contributed by atoms with Crippen LogP contribution in [0.3, 0.4) is 0 Å². The Bertz CT molecular complexity index is 585. The van der Waals surface area contributed by atoms with Crippen molar-refractivity contribution in [3.05, 3.63) is 45.1 Å². The minimum Gasteiger partial charge on any atom is -0.478 e. The van der Waals surface area contributed by atoms with E-state index in [0.29, 0.717) is 22.9 Å². The van der Waals surface area contributed by atoms with Crippen LogP contribution < -0.4 is 11.1 Å². The van der Waals surface area contributed by atoms with Gasteiger partial charge in [-0.25, -0.2) is 4.79 Å². The minimum absolute atomic E-state index is 0.0937. The lowest BCUT2D eigenvalue weighted by Crippen LogP contribution is -2.10. The van der Waals surface area contributed by atoms with Gasteiger partial charge in [0.25, 0.3) is 0 Å². The predicted octanol–water partition coefficient (Wildman–Crippen LogP) is 3.34. The highest BCUT2D eigenvalue weighted by atomic mass is 35.5. The van der Waals surface area contributed by atoms with Crippen LogP contribution >= 0.6 is 22.9 Å². The molecule has 0 aliphatic heterocycles. The van der Waals surface area contributed by atoms with E-state index in [1.54, 1.807) is 17.4 Å². The second kappa shape index (κ2) is 5.95. The molecule has 1 heterocycles. The number of carbonyl (C=O) groups is 1. The molecule has 0 fully saturated rings.